The van der Waals surface area contributed by atoms with E-state index in [9.17, 15) is 0 Å². The van der Waals surface area contributed by atoms with Crippen LogP contribution in [-0.2, 0) is 0 Å². The number of hydrogen-bond acceptors (Lipinski definition) is 4. The molecule has 0 spiro atoms. The van der Waals surface area contributed by atoms with Gasteiger partial charge in [0.15, 0.2) is 0 Å². The van der Waals surface area contributed by atoms with Crippen molar-refractivity contribution in [1.82, 2.24) is 21.3 Å². The van der Waals surface area contributed by atoms with Crippen LogP contribution >= 0.6 is 0 Å². The summed E-state index contributed by atoms with van der Waals surface area (Å²) in [5.74, 6) is 1.87. The van der Waals surface area contributed by atoms with Gasteiger partial charge in [-0.05, 0) is 109 Å². The Labute approximate surface area is 170 Å². The Kier molecular flexibility index (Phi) is 17.7. The Bertz CT molecular complexity index is 270. The van der Waals surface area contributed by atoms with Crippen LogP contribution in [0.4, 0.5) is 0 Å². The molecule has 27 heavy (non-hydrogen) atoms. The van der Waals surface area contributed by atoms with Gasteiger partial charge >= 0.3 is 0 Å². The maximum atomic E-state index is 3.66. The molecule has 4 heteroatoms. The summed E-state index contributed by atoms with van der Waals surface area (Å²) in [6.45, 7) is 14.2. The lowest BCUT2D eigenvalue weighted by Crippen LogP contribution is -2.24. The Balaban J connectivity index is 1.70. The maximum absolute atomic E-state index is 3.66. The first-order valence-electron chi connectivity index (χ1n) is 12.2. The number of unbranched alkanes of at least 4 members (excludes halogenated alkanes) is 6. The molecule has 1 aliphatic rings. The van der Waals surface area contributed by atoms with Crippen molar-refractivity contribution >= 4 is 0 Å². The van der Waals surface area contributed by atoms with E-state index in [1.54, 1.807) is 0 Å². The van der Waals surface area contributed by atoms with E-state index in [0.717, 1.165) is 11.8 Å². The normalized spacial score (nSPS) is 18.9. The first-order chi connectivity index (χ1) is 13.4. The van der Waals surface area contributed by atoms with Crippen molar-refractivity contribution in [2.24, 2.45) is 11.8 Å². The Hall–Kier alpha value is -0.160. The highest BCUT2D eigenvalue weighted by atomic mass is 14.9. The van der Waals surface area contributed by atoms with Gasteiger partial charge < -0.3 is 21.3 Å². The van der Waals surface area contributed by atoms with Crippen molar-refractivity contribution in [3.63, 3.8) is 0 Å². The Morgan fingerprint density at radius 1 is 0.481 bits per heavy atom. The summed E-state index contributed by atoms with van der Waals surface area (Å²) >= 11 is 0. The van der Waals surface area contributed by atoms with Crippen LogP contribution in [0.25, 0.3) is 0 Å². The smallest absolute Gasteiger partial charge is 0.00173 e. The summed E-state index contributed by atoms with van der Waals surface area (Å²) in [4.78, 5) is 0. The molecular weight excluding hydrogens is 332 g/mol. The second-order valence-corrected chi connectivity index (χ2v) is 8.49. The van der Waals surface area contributed by atoms with Gasteiger partial charge in [-0.15, -0.1) is 0 Å². The zero-order valence-corrected chi connectivity index (χ0v) is 18.6. The van der Waals surface area contributed by atoms with Crippen LogP contribution in [0, 0.1) is 11.8 Å². The Morgan fingerprint density at radius 2 is 0.815 bits per heavy atom. The third-order valence-electron chi connectivity index (χ3n) is 5.71. The second-order valence-electron chi connectivity index (χ2n) is 8.49. The quantitative estimate of drug-likeness (QED) is 0.214. The van der Waals surface area contributed by atoms with Crippen LogP contribution in [0.5, 0.6) is 0 Å². The van der Waals surface area contributed by atoms with Gasteiger partial charge in [0.25, 0.3) is 0 Å². The predicted molar refractivity (Wildman–Crippen MR) is 121 cm³/mol. The molecule has 0 aliphatic heterocycles. The lowest BCUT2D eigenvalue weighted by molar-refractivity contribution is 0.525. The van der Waals surface area contributed by atoms with E-state index in [1.165, 1.54) is 123 Å². The lowest BCUT2D eigenvalue weighted by Gasteiger charge is -2.07. The average Bonchev–Trinajstić information content (AvgIpc) is 3.43. The molecule has 0 bridgehead atoms. The van der Waals surface area contributed by atoms with E-state index < -0.39 is 0 Å². The molecule has 0 saturated heterocycles. The van der Waals surface area contributed by atoms with Crippen LogP contribution in [-0.4, -0.2) is 52.4 Å². The van der Waals surface area contributed by atoms with Gasteiger partial charge in [-0.2, -0.15) is 0 Å². The zero-order chi connectivity index (χ0) is 19.4. The van der Waals surface area contributed by atoms with Crippen molar-refractivity contribution in [3.8, 4) is 0 Å². The molecule has 4 N–H and O–H groups in total. The second kappa shape index (κ2) is 19.2. The fourth-order valence-corrected chi connectivity index (χ4v) is 3.64. The fraction of sp³-hybridized carbons (Fsp3) is 1.00. The molecule has 1 rings (SSSR count). The molecule has 0 aromatic rings. The van der Waals surface area contributed by atoms with Gasteiger partial charge in [-0.3, -0.25) is 0 Å². The van der Waals surface area contributed by atoms with Crippen molar-refractivity contribution in [3.05, 3.63) is 0 Å². The molecule has 0 amide bonds. The molecule has 0 aromatic carbocycles. The topological polar surface area (TPSA) is 48.1 Å². The van der Waals surface area contributed by atoms with Crippen molar-refractivity contribution < 1.29 is 0 Å². The molecule has 162 valence electrons. The highest BCUT2D eigenvalue weighted by Gasteiger charge is 2.35. The summed E-state index contributed by atoms with van der Waals surface area (Å²) in [6.07, 6.45) is 14.7. The molecule has 4 nitrogen and oxygen atoms in total. The lowest BCUT2D eigenvalue weighted by atomic mass is 10.2. The number of nitrogens with one attached hydrogen (secondary N) is 4. The summed E-state index contributed by atoms with van der Waals surface area (Å²) < 4.78 is 0. The molecule has 0 heterocycles. The summed E-state index contributed by atoms with van der Waals surface area (Å²) in [5, 5.41) is 14.4. The molecular formula is C23H50N4. The van der Waals surface area contributed by atoms with Gasteiger partial charge in [-0.1, -0.05) is 39.5 Å². The molecule has 0 unspecified atom stereocenters. The number of hydrogen-bond donors (Lipinski definition) is 4. The SMILES string of the molecule is CCCCCNCCCCNC[C@@H]1C[C@@H]1CNCCCCNCCCCC. The van der Waals surface area contributed by atoms with E-state index in [-0.39, 0.29) is 0 Å². The summed E-state index contributed by atoms with van der Waals surface area (Å²) in [7, 11) is 0. The summed E-state index contributed by atoms with van der Waals surface area (Å²) in [5.41, 5.74) is 0. The molecule has 1 saturated carbocycles. The van der Waals surface area contributed by atoms with Gasteiger partial charge in [0.2, 0.25) is 0 Å². The van der Waals surface area contributed by atoms with E-state index in [4.69, 9.17) is 0 Å². The first kappa shape index (κ1) is 24.9. The number of rotatable bonds is 22. The van der Waals surface area contributed by atoms with Gasteiger partial charge in [0, 0.05) is 0 Å². The van der Waals surface area contributed by atoms with Crippen molar-refractivity contribution in [1.29, 1.82) is 0 Å². The fourth-order valence-electron chi connectivity index (χ4n) is 3.64. The predicted octanol–water partition coefficient (Wildman–Crippen LogP) is 3.92. The van der Waals surface area contributed by atoms with Crippen LogP contribution in [0.1, 0.15) is 84.5 Å². The minimum Gasteiger partial charge on any atom is -0.317 e. The van der Waals surface area contributed by atoms with Gasteiger partial charge in [-0.25, -0.2) is 0 Å². The largest absolute Gasteiger partial charge is 0.317 e. The zero-order valence-electron chi connectivity index (χ0n) is 18.6. The van der Waals surface area contributed by atoms with Crippen LogP contribution in [0.3, 0.4) is 0 Å². The molecule has 0 aromatic heterocycles. The standard InChI is InChI=1S/C23H50N4/c1-3-5-7-13-24-15-9-11-17-26-20-22-19-23(22)21-27-18-12-10-16-25-14-8-6-4-2/h22-27H,3-21H2,1-2H3/t22-,23+. The maximum Gasteiger partial charge on any atom is -0.00173 e. The van der Waals surface area contributed by atoms with Crippen LogP contribution in [0.15, 0.2) is 0 Å². The molecule has 1 fully saturated rings. The van der Waals surface area contributed by atoms with Crippen LogP contribution in [0.2, 0.25) is 0 Å². The minimum absolute atomic E-state index is 0.935. The summed E-state index contributed by atoms with van der Waals surface area (Å²) in [6, 6.07) is 0. The highest BCUT2D eigenvalue weighted by molar-refractivity contribution is 4.89. The average molecular weight is 383 g/mol. The third kappa shape index (κ3) is 16.5. The van der Waals surface area contributed by atoms with Gasteiger partial charge in [0.05, 0.1) is 0 Å². The van der Waals surface area contributed by atoms with Crippen molar-refractivity contribution in [2.75, 3.05) is 52.4 Å². The first-order valence-corrected chi connectivity index (χ1v) is 12.2. The monoisotopic (exact) mass is 382 g/mol. The van der Waals surface area contributed by atoms with E-state index in [0.29, 0.717) is 0 Å². The Morgan fingerprint density at radius 3 is 1.19 bits per heavy atom. The molecule has 2 atom stereocenters. The minimum atomic E-state index is 0.935. The van der Waals surface area contributed by atoms with E-state index >= 15 is 0 Å². The molecule has 1 aliphatic carbocycles. The van der Waals surface area contributed by atoms with E-state index in [2.05, 4.69) is 35.1 Å². The third-order valence-corrected chi connectivity index (χ3v) is 5.71. The van der Waals surface area contributed by atoms with Crippen LogP contribution < -0.4 is 21.3 Å². The van der Waals surface area contributed by atoms with Gasteiger partial charge in [0.1, 0.15) is 0 Å². The molecule has 0 radical (unpaired) electrons. The highest BCUT2D eigenvalue weighted by Crippen LogP contribution is 2.36. The van der Waals surface area contributed by atoms with Crippen molar-refractivity contribution in [2.45, 2.75) is 84.5 Å². The van der Waals surface area contributed by atoms with E-state index in [1.807, 2.05) is 0 Å².